The van der Waals surface area contributed by atoms with E-state index in [4.69, 9.17) is 4.74 Å². The number of benzene rings is 2. The van der Waals surface area contributed by atoms with Crippen molar-refractivity contribution in [2.24, 2.45) is 0 Å². The van der Waals surface area contributed by atoms with Crippen molar-refractivity contribution in [2.75, 3.05) is 20.2 Å². The first-order valence-electron chi connectivity index (χ1n) is 7.36. The first-order chi connectivity index (χ1) is 10.2. The van der Waals surface area contributed by atoms with E-state index in [0.717, 1.165) is 41.5 Å². The second kappa shape index (κ2) is 5.92. The van der Waals surface area contributed by atoms with Gasteiger partial charge in [-0.05, 0) is 48.4 Å². The summed E-state index contributed by atoms with van der Waals surface area (Å²) in [4.78, 5) is 2.20. The summed E-state index contributed by atoms with van der Waals surface area (Å²) in [5, 5.41) is 22.1. The molecule has 0 amide bonds. The van der Waals surface area contributed by atoms with Gasteiger partial charge in [0, 0.05) is 18.7 Å². The summed E-state index contributed by atoms with van der Waals surface area (Å²) in [5.41, 5.74) is 0.903. The average Bonchev–Trinajstić information content (AvgIpc) is 2.50. The molecule has 2 aromatic carbocycles. The van der Waals surface area contributed by atoms with Gasteiger partial charge in [0.25, 0.3) is 0 Å². The number of methoxy groups -OCH3 is 1. The van der Waals surface area contributed by atoms with E-state index in [1.807, 2.05) is 24.3 Å². The number of β-amino-alcohol motifs (C(OH)–C–C–N with tert-alkyl or cyclic N) is 1. The lowest BCUT2D eigenvalue weighted by atomic mass is 10.0. The van der Waals surface area contributed by atoms with Crippen molar-refractivity contribution >= 4 is 10.8 Å². The van der Waals surface area contributed by atoms with Gasteiger partial charge in [-0.25, -0.2) is 0 Å². The van der Waals surface area contributed by atoms with Gasteiger partial charge in [-0.3, -0.25) is 4.90 Å². The van der Waals surface area contributed by atoms with Crippen LogP contribution >= 0.6 is 0 Å². The number of ether oxygens (including phenoxy) is 1. The van der Waals surface area contributed by atoms with Gasteiger partial charge in [0.05, 0.1) is 13.2 Å². The largest absolute Gasteiger partial charge is 0.508 e. The van der Waals surface area contributed by atoms with Crippen LogP contribution in [-0.4, -0.2) is 41.4 Å². The van der Waals surface area contributed by atoms with E-state index in [0.29, 0.717) is 18.8 Å². The van der Waals surface area contributed by atoms with E-state index in [-0.39, 0.29) is 6.10 Å². The summed E-state index contributed by atoms with van der Waals surface area (Å²) < 4.78 is 5.29. The highest BCUT2D eigenvalue weighted by Gasteiger charge is 2.19. The Hall–Kier alpha value is -1.78. The van der Waals surface area contributed by atoms with Crippen LogP contribution in [0, 0.1) is 0 Å². The summed E-state index contributed by atoms with van der Waals surface area (Å²) in [6.07, 6.45) is 1.60. The molecule has 0 saturated carbocycles. The van der Waals surface area contributed by atoms with E-state index in [9.17, 15) is 10.2 Å². The summed E-state index contributed by atoms with van der Waals surface area (Å²) in [6, 6.07) is 9.55. The third-order valence-electron chi connectivity index (χ3n) is 4.18. The maximum atomic E-state index is 10.2. The van der Waals surface area contributed by atoms with Crippen molar-refractivity contribution < 1.29 is 14.9 Å². The van der Waals surface area contributed by atoms with Crippen molar-refractivity contribution in [3.63, 3.8) is 0 Å². The van der Waals surface area contributed by atoms with Crippen molar-refractivity contribution in [1.82, 2.24) is 4.90 Å². The predicted octanol–water partition coefficient (Wildman–Crippen LogP) is 2.51. The smallest absolute Gasteiger partial charge is 0.120 e. The molecule has 1 aliphatic rings. The number of likely N-dealkylation sites (tertiary alicyclic amines) is 1. The molecule has 4 heteroatoms. The molecular weight excluding hydrogens is 266 g/mol. The third kappa shape index (κ3) is 2.96. The van der Waals surface area contributed by atoms with E-state index in [1.54, 1.807) is 13.2 Å². The maximum absolute atomic E-state index is 10.2. The average molecular weight is 287 g/mol. The minimum atomic E-state index is -0.259. The molecule has 0 radical (unpaired) electrons. The molecule has 1 atom stereocenters. The summed E-state index contributed by atoms with van der Waals surface area (Å²) in [6.45, 7) is 2.27. The van der Waals surface area contributed by atoms with Crippen LogP contribution in [0.5, 0.6) is 11.5 Å². The fourth-order valence-electron chi connectivity index (χ4n) is 3.04. The van der Waals surface area contributed by atoms with Gasteiger partial charge < -0.3 is 14.9 Å². The molecule has 112 valence electrons. The van der Waals surface area contributed by atoms with Gasteiger partial charge in [0.2, 0.25) is 0 Å². The van der Waals surface area contributed by atoms with Crippen LogP contribution in [0.3, 0.4) is 0 Å². The topological polar surface area (TPSA) is 52.9 Å². The molecule has 1 fully saturated rings. The van der Waals surface area contributed by atoms with Gasteiger partial charge in [0.1, 0.15) is 11.5 Å². The molecular formula is C17H21NO3. The Bertz CT molecular complexity index is 641. The first-order valence-corrected chi connectivity index (χ1v) is 7.36. The summed E-state index contributed by atoms with van der Waals surface area (Å²) in [5.74, 6) is 1.09. The van der Waals surface area contributed by atoms with E-state index < -0.39 is 0 Å². The monoisotopic (exact) mass is 287 g/mol. The first kappa shape index (κ1) is 14.2. The minimum Gasteiger partial charge on any atom is -0.508 e. The highest BCUT2D eigenvalue weighted by Crippen LogP contribution is 2.31. The number of aliphatic hydroxyl groups is 1. The van der Waals surface area contributed by atoms with Crippen LogP contribution in [0.4, 0.5) is 0 Å². The highest BCUT2D eigenvalue weighted by atomic mass is 16.5. The number of hydrogen-bond acceptors (Lipinski definition) is 4. The van der Waals surface area contributed by atoms with Gasteiger partial charge in [-0.15, -0.1) is 0 Å². The molecule has 2 aromatic rings. The lowest BCUT2D eigenvalue weighted by molar-refractivity contribution is 0.0666. The number of nitrogens with zero attached hydrogens (tertiary/aromatic N) is 1. The number of phenols is 1. The Morgan fingerprint density at radius 1 is 1.29 bits per heavy atom. The maximum Gasteiger partial charge on any atom is 0.120 e. The zero-order chi connectivity index (χ0) is 14.8. The number of fused-ring (bicyclic) bond motifs is 1. The quantitative estimate of drug-likeness (QED) is 0.911. The molecule has 4 nitrogen and oxygen atoms in total. The second-order valence-electron chi connectivity index (χ2n) is 5.68. The fraction of sp³-hybridized carbons (Fsp3) is 0.412. The Morgan fingerprint density at radius 2 is 2.10 bits per heavy atom. The molecule has 1 heterocycles. The van der Waals surface area contributed by atoms with Crippen molar-refractivity contribution in [3.8, 4) is 11.5 Å². The minimum absolute atomic E-state index is 0.259. The molecule has 0 unspecified atom stereocenters. The summed E-state index contributed by atoms with van der Waals surface area (Å²) in [7, 11) is 1.64. The molecule has 0 aromatic heterocycles. The molecule has 3 rings (SSSR count). The lowest BCUT2D eigenvalue weighted by Crippen LogP contribution is -2.37. The Kier molecular flexibility index (Phi) is 3.99. The molecule has 0 aliphatic carbocycles. The van der Waals surface area contributed by atoms with Crippen LogP contribution < -0.4 is 4.74 Å². The molecule has 1 aliphatic heterocycles. The van der Waals surface area contributed by atoms with E-state index in [2.05, 4.69) is 4.90 Å². The number of aromatic hydroxyl groups is 1. The fourth-order valence-corrected chi connectivity index (χ4v) is 3.04. The molecule has 21 heavy (non-hydrogen) atoms. The van der Waals surface area contributed by atoms with Gasteiger partial charge in [-0.2, -0.15) is 0 Å². The Balaban J connectivity index is 1.97. The number of aliphatic hydroxyl groups excluding tert-OH is 1. The second-order valence-corrected chi connectivity index (χ2v) is 5.68. The van der Waals surface area contributed by atoms with Crippen LogP contribution in [0.25, 0.3) is 10.8 Å². The van der Waals surface area contributed by atoms with Crippen LogP contribution in [0.1, 0.15) is 18.4 Å². The normalized spacial score (nSPS) is 19.8. The Morgan fingerprint density at radius 3 is 2.86 bits per heavy atom. The SMILES string of the molecule is COc1ccc2ccc(O)c(CN3CCC[C@H](O)C3)c2c1. The van der Waals surface area contributed by atoms with Gasteiger partial charge in [-0.1, -0.05) is 12.1 Å². The number of piperidine rings is 1. The van der Waals surface area contributed by atoms with Crippen LogP contribution in [0.2, 0.25) is 0 Å². The third-order valence-corrected chi connectivity index (χ3v) is 4.18. The number of phenolic OH excluding ortho intramolecular Hbond substituents is 1. The van der Waals surface area contributed by atoms with Crippen molar-refractivity contribution in [3.05, 3.63) is 35.9 Å². The lowest BCUT2D eigenvalue weighted by Gasteiger charge is -2.30. The molecule has 1 saturated heterocycles. The standard InChI is InChI=1S/C17H21NO3/c1-21-14-6-4-12-5-7-17(20)16(15(12)9-14)11-18-8-2-3-13(19)10-18/h4-7,9,13,19-20H,2-3,8,10-11H2,1H3/t13-/m0/s1. The zero-order valence-corrected chi connectivity index (χ0v) is 12.2. The molecule has 2 N–H and O–H groups in total. The Labute approximate surface area is 124 Å². The number of rotatable bonds is 3. The zero-order valence-electron chi connectivity index (χ0n) is 12.2. The molecule has 0 spiro atoms. The summed E-state index contributed by atoms with van der Waals surface area (Å²) >= 11 is 0. The highest BCUT2D eigenvalue weighted by molar-refractivity contribution is 5.88. The van der Waals surface area contributed by atoms with Gasteiger partial charge >= 0.3 is 0 Å². The molecule has 0 bridgehead atoms. The van der Waals surface area contributed by atoms with E-state index >= 15 is 0 Å². The van der Waals surface area contributed by atoms with E-state index in [1.165, 1.54) is 0 Å². The van der Waals surface area contributed by atoms with Crippen molar-refractivity contribution in [1.29, 1.82) is 0 Å². The number of hydrogen-bond donors (Lipinski definition) is 2. The van der Waals surface area contributed by atoms with Gasteiger partial charge in [0.15, 0.2) is 0 Å². The van der Waals surface area contributed by atoms with Crippen molar-refractivity contribution in [2.45, 2.75) is 25.5 Å². The van der Waals surface area contributed by atoms with Crippen LogP contribution in [-0.2, 0) is 6.54 Å². The predicted molar refractivity (Wildman–Crippen MR) is 82.7 cm³/mol. The van der Waals surface area contributed by atoms with Crippen LogP contribution in [0.15, 0.2) is 30.3 Å².